The van der Waals surface area contributed by atoms with Crippen molar-refractivity contribution in [2.24, 2.45) is 0 Å². The largest absolute Gasteiger partial charge is 0.376 e. The fraction of sp³-hybridized carbons (Fsp3) is 0.588. The predicted octanol–water partition coefficient (Wildman–Crippen LogP) is 0.288. The van der Waals surface area contributed by atoms with E-state index in [1.165, 1.54) is 4.31 Å². The van der Waals surface area contributed by atoms with Crippen molar-refractivity contribution in [3.05, 3.63) is 30.3 Å². The minimum atomic E-state index is -3.45. The number of sulfonamides is 1. The fourth-order valence-corrected chi connectivity index (χ4v) is 4.60. The van der Waals surface area contributed by atoms with Gasteiger partial charge in [0.25, 0.3) is 0 Å². The smallest absolute Gasteiger partial charge is 0.243 e. The van der Waals surface area contributed by atoms with Crippen LogP contribution >= 0.6 is 0 Å². The Morgan fingerprint density at radius 1 is 1.16 bits per heavy atom. The molecule has 2 aliphatic rings. The van der Waals surface area contributed by atoms with E-state index in [0.29, 0.717) is 44.2 Å². The first-order chi connectivity index (χ1) is 12.1. The summed E-state index contributed by atoms with van der Waals surface area (Å²) in [6.07, 6.45) is 2.19. The first-order valence-corrected chi connectivity index (χ1v) is 10.2. The molecule has 0 spiro atoms. The van der Waals surface area contributed by atoms with Gasteiger partial charge in [0.1, 0.15) is 0 Å². The standard InChI is InChI=1S/C17H25N3O4S/c21-17(18-13-15-5-4-12-24-15)14-19-8-10-20(11-9-19)25(22,23)16-6-2-1-3-7-16/h1-3,6-7,15H,4-5,8-14H2,(H,18,21)/t15-/m0/s1. The Hall–Kier alpha value is -1.48. The average Bonchev–Trinajstić information content (AvgIpc) is 3.15. The number of amides is 1. The van der Waals surface area contributed by atoms with Crippen molar-refractivity contribution >= 4 is 15.9 Å². The SMILES string of the molecule is O=C(CN1CCN(S(=O)(=O)c2ccccc2)CC1)NC[C@@H]1CCCO1. The summed E-state index contributed by atoms with van der Waals surface area (Å²) in [5.41, 5.74) is 0. The number of ether oxygens (including phenoxy) is 1. The Balaban J connectivity index is 1.44. The third-order valence-corrected chi connectivity index (χ3v) is 6.54. The lowest BCUT2D eigenvalue weighted by Gasteiger charge is -2.33. The van der Waals surface area contributed by atoms with E-state index >= 15 is 0 Å². The van der Waals surface area contributed by atoms with Gasteiger partial charge in [0.2, 0.25) is 15.9 Å². The van der Waals surface area contributed by atoms with Crippen LogP contribution in [-0.2, 0) is 19.6 Å². The maximum atomic E-state index is 12.6. The molecule has 1 aromatic rings. The Kier molecular flexibility index (Phi) is 6.06. The molecule has 2 saturated heterocycles. The summed E-state index contributed by atoms with van der Waals surface area (Å²) in [6.45, 7) is 3.54. The molecule has 1 aromatic carbocycles. The van der Waals surface area contributed by atoms with Crippen molar-refractivity contribution in [2.75, 3.05) is 45.9 Å². The lowest BCUT2D eigenvalue weighted by molar-refractivity contribution is -0.123. The van der Waals surface area contributed by atoms with Crippen LogP contribution in [0, 0.1) is 0 Å². The van der Waals surface area contributed by atoms with Crippen LogP contribution in [0.3, 0.4) is 0 Å². The first kappa shape index (κ1) is 18.3. The Morgan fingerprint density at radius 2 is 1.88 bits per heavy atom. The van der Waals surface area contributed by atoms with Crippen molar-refractivity contribution in [1.82, 2.24) is 14.5 Å². The molecule has 0 unspecified atom stereocenters. The molecule has 1 atom stereocenters. The summed E-state index contributed by atoms with van der Waals surface area (Å²) in [6, 6.07) is 8.47. The molecule has 138 valence electrons. The summed E-state index contributed by atoms with van der Waals surface area (Å²) in [5.74, 6) is -0.0325. The van der Waals surface area contributed by atoms with Crippen molar-refractivity contribution in [3.8, 4) is 0 Å². The van der Waals surface area contributed by atoms with Gasteiger partial charge in [-0.15, -0.1) is 0 Å². The molecule has 2 aliphatic heterocycles. The number of rotatable bonds is 6. The van der Waals surface area contributed by atoms with Crippen LogP contribution in [0.1, 0.15) is 12.8 Å². The summed E-state index contributed by atoms with van der Waals surface area (Å²) >= 11 is 0. The second-order valence-electron chi connectivity index (χ2n) is 6.43. The van der Waals surface area contributed by atoms with E-state index in [9.17, 15) is 13.2 Å². The van der Waals surface area contributed by atoms with Crippen molar-refractivity contribution < 1.29 is 17.9 Å². The van der Waals surface area contributed by atoms with Gasteiger partial charge >= 0.3 is 0 Å². The van der Waals surface area contributed by atoms with E-state index < -0.39 is 10.0 Å². The molecule has 3 rings (SSSR count). The van der Waals surface area contributed by atoms with E-state index in [1.54, 1.807) is 30.3 Å². The number of carbonyl (C=O) groups is 1. The van der Waals surface area contributed by atoms with E-state index in [2.05, 4.69) is 5.32 Å². The van der Waals surface area contributed by atoms with Crippen LogP contribution in [-0.4, -0.2) is 75.5 Å². The molecule has 8 heteroatoms. The molecular weight excluding hydrogens is 342 g/mol. The maximum absolute atomic E-state index is 12.6. The number of carbonyl (C=O) groups excluding carboxylic acids is 1. The molecule has 0 radical (unpaired) electrons. The van der Waals surface area contributed by atoms with Gasteiger partial charge < -0.3 is 10.1 Å². The number of hydrogen-bond acceptors (Lipinski definition) is 5. The fourth-order valence-electron chi connectivity index (χ4n) is 3.16. The second kappa shape index (κ2) is 8.27. The summed E-state index contributed by atoms with van der Waals surface area (Å²) < 4.78 is 32.1. The van der Waals surface area contributed by atoms with E-state index in [1.807, 2.05) is 4.90 Å². The van der Waals surface area contributed by atoms with E-state index in [-0.39, 0.29) is 12.0 Å². The Bertz CT molecular complexity index is 666. The number of nitrogens with one attached hydrogen (secondary N) is 1. The zero-order valence-electron chi connectivity index (χ0n) is 14.3. The molecule has 0 aliphatic carbocycles. The summed E-state index contributed by atoms with van der Waals surface area (Å²) in [7, 11) is -3.45. The van der Waals surface area contributed by atoms with Crippen LogP contribution < -0.4 is 5.32 Å². The molecule has 2 heterocycles. The highest BCUT2D eigenvalue weighted by atomic mass is 32.2. The third kappa shape index (κ3) is 4.78. The molecular formula is C17H25N3O4S. The lowest BCUT2D eigenvalue weighted by atomic mass is 10.2. The summed E-state index contributed by atoms with van der Waals surface area (Å²) in [4.78, 5) is 14.3. The minimum Gasteiger partial charge on any atom is -0.376 e. The Morgan fingerprint density at radius 3 is 2.52 bits per heavy atom. The predicted molar refractivity (Wildman–Crippen MR) is 93.6 cm³/mol. The van der Waals surface area contributed by atoms with Crippen LogP contribution in [0.5, 0.6) is 0 Å². The van der Waals surface area contributed by atoms with Crippen LogP contribution in [0.4, 0.5) is 0 Å². The van der Waals surface area contributed by atoms with Crippen molar-refractivity contribution in [2.45, 2.75) is 23.8 Å². The number of piperazine rings is 1. The lowest BCUT2D eigenvalue weighted by Crippen LogP contribution is -2.51. The van der Waals surface area contributed by atoms with Gasteiger partial charge in [0.15, 0.2) is 0 Å². The van der Waals surface area contributed by atoms with Gasteiger partial charge in [-0.2, -0.15) is 4.31 Å². The molecule has 1 amide bonds. The van der Waals surface area contributed by atoms with Crippen LogP contribution in [0.15, 0.2) is 35.2 Å². The molecule has 0 aromatic heterocycles. The second-order valence-corrected chi connectivity index (χ2v) is 8.37. The normalized spacial score (nSPS) is 22.8. The van der Waals surface area contributed by atoms with Crippen molar-refractivity contribution in [3.63, 3.8) is 0 Å². The molecule has 0 saturated carbocycles. The van der Waals surface area contributed by atoms with Crippen molar-refractivity contribution in [1.29, 1.82) is 0 Å². The third-order valence-electron chi connectivity index (χ3n) is 4.63. The zero-order chi connectivity index (χ0) is 17.7. The average molecular weight is 367 g/mol. The first-order valence-electron chi connectivity index (χ1n) is 8.71. The molecule has 1 N–H and O–H groups in total. The molecule has 7 nitrogen and oxygen atoms in total. The van der Waals surface area contributed by atoms with Crippen LogP contribution in [0.25, 0.3) is 0 Å². The minimum absolute atomic E-state index is 0.0325. The quantitative estimate of drug-likeness (QED) is 0.782. The topological polar surface area (TPSA) is 79.0 Å². The molecule has 0 bridgehead atoms. The van der Waals surface area contributed by atoms with Gasteiger partial charge in [0, 0.05) is 39.3 Å². The highest BCUT2D eigenvalue weighted by Gasteiger charge is 2.29. The zero-order valence-corrected chi connectivity index (χ0v) is 15.1. The van der Waals surface area contributed by atoms with Gasteiger partial charge in [-0.3, -0.25) is 9.69 Å². The maximum Gasteiger partial charge on any atom is 0.243 e. The van der Waals surface area contributed by atoms with Crippen LogP contribution in [0.2, 0.25) is 0 Å². The number of hydrogen-bond donors (Lipinski definition) is 1. The van der Waals surface area contributed by atoms with Gasteiger partial charge in [-0.05, 0) is 25.0 Å². The molecule has 25 heavy (non-hydrogen) atoms. The van der Waals surface area contributed by atoms with E-state index in [4.69, 9.17) is 4.74 Å². The number of nitrogens with zero attached hydrogens (tertiary/aromatic N) is 2. The monoisotopic (exact) mass is 367 g/mol. The summed E-state index contributed by atoms with van der Waals surface area (Å²) in [5, 5.41) is 2.90. The highest BCUT2D eigenvalue weighted by molar-refractivity contribution is 7.89. The highest BCUT2D eigenvalue weighted by Crippen LogP contribution is 2.17. The van der Waals surface area contributed by atoms with Gasteiger partial charge in [-0.1, -0.05) is 18.2 Å². The van der Waals surface area contributed by atoms with E-state index in [0.717, 1.165) is 19.4 Å². The van der Waals surface area contributed by atoms with Gasteiger partial charge in [0.05, 0.1) is 17.5 Å². The number of benzene rings is 1. The molecule has 2 fully saturated rings. The Labute approximate surface area is 149 Å². The van der Waals surface area contributed by atoms with Gasteiger partial charge in [-0.25, -0.2) is 8.42 Å².